The fraction of sp³-hybridized carbons (Fsp3) is 0.929. The fourth-order valence-electron chi connectivity index (χ4n) is 5.00. The van der Waals surface area contributed by atoms with Crippen molar-refractivity contribution in [3.8, 4) is 0 Å². The fourth-order valence-corrected chi connectivity index (χ4v) is 5.00. The van der Waals surface area contributed by atoms with Gasteiger partial charge in [-0.25, -0.2) is 0 Å². The van der Waals surface area contributed by atoms with Crippen LogP contribution in [0.4, 0.5) is 0 Å². The molecule has 4 rings (SSSR count). The maximum atomic E-state index is 8.78. The molecule has 6 nitrogen and oxygen atoms in total. The molecule has 4 aliphatic rings. The summed E-state index contributed by atoms with van der Waals surface area (Å²) in [5, 5.41) is 17.5. The molecule has 0 saturated carbocycles. The van der Waals surface area contributed by atoms with Crippen LogP contribution in [0.1, 0.15) is 51.4 Å². The molecule has 0 amide bonds. The van der Waals surface area contributed by atoms with E-state index in [-0.39, 0.29) is 65.4 Å². The normalized spacial score (nSPS) is 27.0. The minimum atomic E-state index is 0. The second-order valence-corrected chi connectivity index (χ2v) is 11.4. The molecule has 2 radical (unpaired) electrons. The molecule has 2 unspecified atom stereocenters. The third-order valence-electron chi connectivity index (χ3n) is 7.64. The third kappa shape index (κ3) is 20.8. The zero-order valence-corrected chi connectivity index (χ0v) is 30.0. The quantitative estimate of drug-likeness (QED) is 0.445. The Morgan fingerprint density at radius 2 is 0.972 bits per heavy atom. The summed E-state index contributed by atoms with van der Waals surface area (Å²) in [6.45, 7) is 18.3. The third-order valence-corrected chi connectivity index (χ3v) is 7.64. The van der Waals surface area contributed by atoms with Crippen LogP contribution in [0.25, 0.3) is 0 Å². The van der Waals surface area contributed by atoms with Crippen molar-refractivity contribution in [2.24, 2.45) is 23.7 Å². The minimum Gasteiger partial charge on any atom is -0.396 e. The van der Waals surface area contributed by atoms with Gasteiger partial charge in [-0.05, 0) is 118 Å². The molecule has 0 aromatic carbocycles. The number of rotatable bonds is 2. The standard InChI is InChI=1S/2C7H15NO.2C7H14N.2Y/c1-8-4-2-7(6-9)3-5-8;1-8-4-2-3-7(5-8)6-9;1-7-3-5-8(2)6-4-7;1-7-4-3-5-8(2)6-7;;/h2*7,9H,2-6H2,1H3;2*7H,1,3-6H2,2H3;;/q;;2*-1;;. The van der Waals surface area contributed by atoms with E-state index in [1.807, 2.05) is 0 Å². The van der Waals surface area contributed by atoms with Gasteiger partial charge in [0.1, 0.15) is 0 Å². The average Bonchev–Trinajstić information content (AvgIpc) is 2.82. The Labute approximate surface area is 275 Å². The number of likely N-dealkylation sites (tertiary alicyclic amines) is 4. The van der Waals surface area contributed by atoms with Gasteiger partial charge in [0.05, 0.1) is 0 Å². The van der Waals surface area contributed by atoms with Crippen molar-refractivity contribution in [1.29, 1.82) is 0 Å². The monoisotopic (exact) mass is 660 g/mol. The molecule has 2 atom stereocenters. The van der Waals surface area contributed by atoms with E-state index in [4.69, 9.17) is 10.2 Å². The van der Waals surface area contributed by atoms with Crippen LogP contribution in [0, 0.1) is 37.5 Å². The number of hydrogen-bond donors (Lipinski definition) is 2. The first kappa shape index (κ1) is 40.1. The molecule has 0 spiro atoms. The van der Waals surface area contributed by atoms with E-state index in [1.165, 1.54) is 84.1 Å². The first-order valence-corrected chi connectivity index (χ1v) is 13.9. The Balaban J connectivity index is 0. The Morgan fingerprint density at radius 1 is 0.528 bits per heavy atom. The number of aliphatic hydroxyl groups excluding tert-OH is 2. The van der Waals surface area contributed by atoms with Crippen molar-refractivity contribution < 1.29 is 75.6 Å². The Hall–Kier alpha value is 1.97. The SMILES string of the molecule is CN1CCC(CO)CC1.CN1CCCC(CO)C1.[CH2-]C1CCCN(C)C1.[CH2-]C1CCN(C)CC1.[Y].[Y]. The predicted molar refractivity (Wildman–Crippen MR) is 146 cm³/mol. The number of hydrogen-bond acceptors (Lipinski definition) is 6. The summed E-state index contributed by atoms with van der Waals surface area (Å²) in [5.74, 6) is 2.55. The molecule has 0 aliphatic carbocycles. The molecular weight excluding hydrogens is 602 g/mol. The summed E-state index contributed by atoms with van der Waals surface area (Å²) in [6, 6.07) is 0. The summed E-state index contributed by atoms with van der Waals surface area (Å²) >= 11 is 0. The molecule has 4 aliphatic heterocycles. The van der Waals surface area contributed by atoms with Gasteiger partial charge < -0.3 is 43.7 Å². The minimum absolute atomic E-state index is 0. The topological polar surface area (TPSA) is 53.4 Å². The van der Waals surface area contributed by atoms with E-state index < -0.39 is 0 Å². The summed E-state index contributed by atoms with van der Waals surface area (Å²) in [7, 11) is 8.58. The van der Waals surface area contributed by atoms with Crippen molar-refractivity contribution in [3.63, 3.8) is 0 Å². The van der Waals surface area contributed by atoms with Gasteiger partial charge in [-0.1, -0.05) is 19.3 Å². The first-order valence-electron chi connectivity index (χ1n) is 13.9. The molecule has 8 heteroatoms. The molecule has 4 fully saturated rings. The van der Waals surface area contributed by atoms with Crippen LogP contribution in [0.2, 0.25) is 0 Å². The van der Waals surface area contributed by atoms with Crippen LogP contribution >= 0.6 is 0 Å². The van der Waals surface area contributed by atoms with Gasteiger partial charge in [-0.3, -0.25) is 0 Å². The maximum Gasteiger partial charge on any atom is 0.0471 e. The molecule has 0 aromatic rings. The summed E-state index contributed by atoms with van der Waals surface area (Å²) < 4.78 is 0. The molecule has 0 aromatic heterocycles. The van der Waals surface area contributed by atoms with Gasteiger partial charge >= 0.3 is 0 Å². The zero-order chi connectivity index (χ0) is 25.3. The van der Waals surface area contributed by atoms with Crippen molar-refractivity contribution >= 4 is 0 Å². The van der Waals surface area contributed by atoms with Crippen LogP contribution in [0.3, 0.4) is 0 Å². The van der Waals surface area contributed by atoms with Gasteiger partial charge in [0.2, 0.25) is 0 Å². The average molecular weight is 661 g/mol. The second-order valence-electron chi connectivity index (χ2n) is 11.4. The second kappa shape index (κ2) is 24.7. The Bertz CT molecular complexity index is 458. The molecule has 4 saturated heterocycles. The van der Waals surface area contributed by atoms with Crippen LogP contribution in [-0.4, -0.2) is 124 Å². The van der Waals surface area contributed by atoms with Crippen LogP contribution in [0.5, 0.6) is 0 Å². The van der Waals surface area contributed by atoms with Crippen molar-refractivity contribution in [1.82, 2.24) is 19.6 Å². The van der Waals surface area contributed by atoms with Gasteiger partial charge in [-0.15, -0.1) is 0 Å². The van der Waals surface area contributed by atoms with Gasteiger partial charge in [0.25, 0.3) is 0 Å². The van der Waals surface area contributed by atoms with E-state index in [0.717, 1.165) is 25.6 Å². The summed E-state index contributed by atoms with van der Waals surface area (Å²) in [5.41, 5.74) is 0. The smallest absolute Gasteiger partial charge is 0.0471 e. The van der Waals surface area contributed by atoms with Crippen LogP contribution in [0.15, 0.2) is 0 Å². The van der Waals surface area contributed by atoms with E-state index >= 15 is 0 Å². The van der Waals surface area contributed by atoms with E-state index in [2.05, 4.69) is 61.6 Å². The number of nitrogens with zero attached hydrogens (tertiary/aromatic N) is 4. The summed E-state index contributed by atoms with van der Waals surface area (Å²) in [6.07, 6.45) is 10.0. The van der Waals surface area contributed by atoms with Crippen LogP contribution in [-0.2, 0) is 65.4 Å². The molecule has 4 heterocycles. The predicted octanol–water partition coefficient (Wildman–Crippen LogP) is 2.96. The number of piperidine rings is 4. The summed E-state index contributed by atoms with van der Waals surface area (Å²) in [4.78, 5) is 9.30. The molecule has 36 heavy (non-hydrogen) atoms. The molecule has 0 bridgehead atoms. The van der Waals surface area contributed by atoms with E-state index in [1.54, 1.807) is 0 Å². The van der Waals surface area contributed by atoms with E-state index in [0.29, 0.717) is 31.0 Å². The number of aliphatic hydroxyl groups is 2. The van der Waals surface area contributed by atoms with Gasteiger partial charge in [0, 0.05) is 85.2 Å². The van der Waals surface area contributed by atoms with E-state index in [9.17, 15) is 0 Å². The van der Waals surface area contributed by atoms with Crippen LogP contribution < -0.4 is 0 Å². The van der Waals surface area contributed by atoms with Crippen molar-refractivity contribution in [2.45, 2.75) is 51.4 Å². The largest absolute Gasteiger partial charge is 0.396 e. The molecule has 210 valence electrons. The molecule has 2 N–H and O–H groups in total. The van der Waals surface area contributed by atoms with Crippen molar-refractivity contribution in [3.05, 3.63) is 13.8 Å². The Morgan fingerprint density at radius 3 is 1.31 bits per heavy atom. The van der Waals surface area contributed by atoms with Gasteiger partial charge in [-0.2, -0.15) is 11.8 Å². The first-order chi connectivity index (χ1) is 16.2. The molecular formula is C28H58N4O2Y2-2. The van der Waals surface area contributed by atoms with Gasteiger partial charge in [0.15, 0.2) is 0 Å². The Kier molecular flexibility index (Phi) is 27.6. The maximum absolute atomic E-state index is 8.78. The van der Waals surface area contributed by atoms with Crippen molar-refractivity contribution in [2.75, 3.05) is 93.8 Å². The zero-order valence-electron chi connectivity index (χ0n) is 24.3.